The van der Waals surface area contributed by atoms with Crippen LogP contribution in [0, 0.1) is 0 Å². The summed E-state index contributed by atoms with van der Waals surface area (Å²) in [6.45, 7) is 4.39. The zero-order valence-electron chi connectivity index (χ0n) is 12.2. The Morgan fingerprint density at radius 2 is 1.20 bits per heavy atom. The largest absolute Gasteiger partial charge is 0.466 e. The fourth-order valence-electron chi connectivity index (χ4n) is 1.35. The van der Waals surface area contributed by atoms with Crippen LogP contribution in [0.2, 0.25) is 0 Å². The van der Waals surface area contributed by atoms with E-state index in [9.17, 15) is 9.59 Å². The number of unbranched alkanes of at least 4 members (excludes halogenated alkanes) is 1. The summed E-state index contributed by atoms with van der Waals surface area (Å²) in [4.78, 5) is 22.5. The van der Waals surface area contributed by atoms with Crippen molar-refractivity contribution in [2.75, 3.05) is 13.2 Å². The van der Waals surface area contributed by atoms with Crippen LogP contribution >= 0.6 is 23.2 Å². The third-order valence-electron chi connectivity index (χ3n) is 2.56. The highest BCUT2D eigenvalue weighted by Crippen LogP contribution is 2.06. The Morgan fingerprint density at radius 3 is 1.50 bits per heavy atom. The fourth-order valence-corrected chi connectivity index (χ4v) is 1.57. The maximum absolute atomic E-state index is 11.3. The Kier molecular flexibility index (Phi) is 12.0. The molecule has 0 radical (unpaired) electrons. The van der Waals surface area contributed by atoms with Gasteiger partial charge in [-0.25, -0.2) is 0 Å². The maximum atomic E-state index is 11.3. The Morgan fingerprint density at radius 1 is 0.850 bits per heavy atom. The number of esters is 2. The van der Waals surface area contributed by atoms with Crippen molar-refractivity contribution in [3.05, 3.63) is 0 Å². The van der Waals surface area contributed by atoms with E-state index in [0.29, 0.717) is 51.7 Å². The van der Waals surface area contributed by atoms with Gasteiger partial charge in [-0.3, -0.25) is 9.59 Å². The normalized spacial score (nSPS) is 13.6. The van der Waals surface area contributed by atoms with Crippen LogP contribution < -0.4 is 0 Å². The number of halogens is 2. The molecule has 20 heavy (non-hydrogen) atoms. The molecular weight excluding hydrogens is 303 g/mol. The Hall–Kier alpha value is -0.480. The van der Waals surface area contributed by atoms with Gasteiger partial charge in [0.25, 0.3) is 0 Å². The topological polar surface area (TPSA) is 52.6 Å². The second-order valence-electron chi connectivity index (χ2n) is 4.79. The summed E-state index contributed by atoms with van der Waals surface area (Å²) in [5, 5.41) is -0.0321. The first-order valence-corrected chi connectivity index (χ1v) is 7.88. The van der Waals surface area contributed by atoms with E-state index >= 15 is 0 Å². The minimum atomic E-state index is -0.231. The second-order valence-corrected chi connectivity index (χ2v) is 6.28. The highest BCUT2D eigenvalue weighted by atomic mass is 35.5. The lowest BCUT2D eigenvalue weighted by molar-refractivity contribution is -0.146. The molecule has 0 rings (SSSR count). The van der Waals surface area contributed by atoms with Gasteiger partial charge in [-0.2, -0.15) is 0 Å². The molecule has 0 amide bonds. The third-order valence-corrected chi connectivity index (χ3v) is 2.99. The van der Waals surface area contributed by atoms with Crippen molar-refractivity contribution in [3.63, 3.8) is 0 Å². The molecule has 2 unspecified atom stereocenters. The van der Waals surface area contributed by atoms with E-state index in [1.165, 1.54) is 0 Å². The van der Waals surface area contributed by atoms with Crippen LogP contribution in [0.15, 0.2) is 0 Å². The lowest BCUT2D eigenvalue weighted by Gasteiger charge is -2.07. The molecule has 0 saturated heterocycles. The van der Waals surface area contributed by atoms with Crippen molar-refractivity contribution < 1.29 is 19.1 Å². The standard InChI is InChI=1S/C14H24Cl2O4/c1-11(15)5-7-13(17)19-9-3-4-10-20-14(18)8-6-12(2)16/h11-12H,3-10H2,1-2H3. The molecule has 0 bridgehead atoms. The van der Waals surface area contributed by atoms with Gasteiger partial charge < -0.3 is 9.47 Å². The predicted octanol–water partition coefficient (Wildman–Crippen LogP) is 3.67. The molecule has 0 aliphatic carbocycles. The van der Waals surface area contributed by atoms with Crippen molar-refractivity contribution >= 4 is 35.1 Å². The molecule has 0 saturated carbocycles. The van der Waals surface area contributed by atoms with Crippen molar-refractivity contribution in [2.45, 2.75) is 63.1 Å². The van der Waals surface area contributed by atoms with E-state index in [2.05, 4.69) is 0 Å². The molecule has 0 aromatic rings. The number of alkyl halides is 2. The van der Waals surface area contributed by atoms with E-state index < -0.39 is 0 Å². The molecule has 0 aromatic heterocycles. The first-order valence-electron chi connectivity index (χ1n) is 7.01. The second kappa shape index (κ2) is 12.3. The smallest absolute Gasteiger partial charge is 0.305 e. The number of carbonyl (C=O) groups excluding carboxylic acids is 2. The van der Waals surface area contributed by atoms with Gasteiger partial charge in [0.2, 0.25) is 0 Å². The van der Waals surface area contributed by atoms with Gasteiger partial charge in [-0.15, -0.1) is 23.2 Å². The fraction of sp³-hybridized carbons (Fsp3) is 0.857. The summed E-state index contributed by atoms with van der Waals surface area (Å²) < 4.78 is 10.0. The van der Waals surface area contributed by atoms with Gasteiger partial charge in [0.05, 0.1) is 13.2 Å². The Bertz CT molecular complexity index is 252. The van der Waals surface area contributed by atoms with Crippen LogP contribution in [0.4, 0.5) is 0 Å². The van der Waals surface area contributed by atoms with E-state index in [4.69, 9.17) is 32.7 Å². The van der Waals surface area contributed by atoms with Crippen LogP contribution in [0.1, 0.15) is 52.4 Å². The summed E-state index contributed by atoms with van der Waals surface area (Å²) in [6, 6.07) is 0. The summed E-state index contributed by atoms with van der Waals surface area (Å²) >= 11 is 11.5. The van der Waals surface area contributed by atoms with E-state index in [1.807, 2.05) is 13.8 Å². The number of ether oxygens (including phenoxy) is 2. The molecule has 0 N–H and O–H groups in total. The van der Waals surface area contributed by atoms with Gasteiger partial charge >= 0.3 is 11.9 Å². The highest BCUT2D eigenvalue weighted by Gasteiger charge is 2.07. The summed E-state index contributed by atoms with van der Waals surface area (Å²) in [7, 11) is 0. The Labute approximate surface area is 131 Å². The van der Waals surface area contributed by atoms with Crippen LogP contribution in [-0.4, -0.2) is 35.9 Å². The minimum absolute atomic E-state index is 0.0160. The average Bonchev–Trinajstić information content (AvgIpc) is 2.37. The van der Waals surface area contributed by atoms with Gasteiger partial charge in [0.1, 0.15) is 0 Å². The monoisotopic (exact) mass is 326 g/mol. The zero-order chi connectivity index (χ0) is 15.4. The van der Waals surface area contributed by atoms with E-state index in [1.54, 1.807) is 0 Å². The third kappa shape index (κ3) is 13.9. The van der Waals surface area contributed by atoms with Crippen LogP contribution in [-0.2, 0) is 19.1 Å². The highest BCUT2D eigenvalue weighted by molar-refractivity contribution is 6.20. The zero-order valence-corrected chi connectivity index (χ0v) is 13.7. The molecule has 118 valence electrons. The first kappa shape index (κ1) is 19.5. The minimum Gasteiger partial charge on any atom is -0.466 e. The van der Waals surface area contributed by atoms with E-state index in [-0.39, 0.29) is 22.7 Å². The molecule has 2 atom stereocenters. The lowest BCUT2D eigenvalue weighted by atomic mass is 10.2. The van der Waals surface area contributed by atoms with Gasteiger partial charge in [0, 0.05) is 23.6 Å². The number of rotatable bonds is 11. The molecule has 0 aliphatic heterocycles. The van der Waals surface area contributed by atoms with Crippen molar-refractivity contribution in [3.8, 4) is 0 Å². The summed E-state index contributed by atoms with van der Waals surface area (Å²) in [5.41, 5.74) is 0. The summed E-state index contributed by atoms with van der Waals surface area (Å²) in [6.07, 6.45) is 3.29. The molecule has 0 fully saturated rings. The molecule has 0 heterocycles. The number of carbonyl (C=O) groups is 2. The Balaban J connectivity index is 3.35. The summed E-state index contributed by atoms with van der Waals surface area (Å²) in [5.74, 6) is -0.462. The van der Waals surface area contributed by atoms with Gasteiger partial charge in [-0.1, -0.05) is 0 Å². The molecule has 0 aliphatic rings. The van der Waals surface area contributed by atoms with Crippen LogP contribution in [0.3, 0.4) is 0 Å². The SMILES string of the molecule is CC(Cl)CCC(=O)OCCCCOC(=O)CCC(C)Cl. The van der Waals surface area contributed by atoms with E-state index in [0.717, 1.165) is 0 Å². The first-order chi connectivity index (χ1) is 9.41. The molecule has 6 heteroatoms. The predicted molar refractivity (Wildman–Crippen MR) is 80.3 cm³/mol. The molecule has 4 nitrogen and oxygen atoms in total. The number of hydrogen-bond donors (Lipinski definition) is 0. The molecule has 0 aromatic carbocycles. The quantitative estimate of drug-likeness (QED) is 0.330. The van der Waals surface area contributed by atoms with Crippen LogP contribution in [0.25, 0.3) is 0 Å². The van der Waals surface area contributed by atoms with Crippen molar-refractivity contribution in [1.82, 2.24) is 0 Å². The molecular formula is C14H24Cl2O4. The van der Waals surface area contributed by atoms with Gasteiger partial charge in [0.15, 0.2) is 0 Å². The number of hydrogen-bond acceptors (Lipinski definition) is 4. The van der Waals surface area contributed by atoms with Crippen LogP contribution in [0.5, 0.6) is 0 Å². The lowest BCUT2D eigenvalue weighted by Crippen LogP contribution is -2.10. The van der Waals surface area contributed by atoms with Crippen molar-refractivity contribution in [1.29, 1.82) is 0 Å². The van der Waals surface area contributed by atoms with Gasteiger partial charge in [-0.05, 0) is 39.5 Å². The maximum Gasteiger partial charge on any atom is 0.305 e. The van der Waals surface area contributed by atoms with Crippen molar-refractivity contribution in [2.24, 2.45) is 0 Å². The molecule has 0 spiro atoms. The average molecular weight is 327 g/mol.